The number of aromatic hydroxyl groups is 1. The van der Waals surface area contributed by atoms with Crippen LogP contribution in [0.5, 0.6) is 5.75 Å². The van der Waals surface area contributed by atoms with E-state index in [4.69, 9.17) is 0 Å². The summed E-state index contributed by atoms with van der Waals surface area (Å²) in [6, 6.07) is 16.4. The van der Waals surface area contributed by atoms with E-state index in [-0.39, 0.29) is 0 Å². The largest absolute Gasteiger partial charge is 0.501 e. The van der Waals surface area contributed by atoms with Gasteiger partial charge in [-0.15, -0.1) is 0 Å². The number of phenolic OH excluding ortho intramolecular Hbond substituents is 1. The van der Waals surface area contributed by atoms with Crippen LogP contribution >= 0.6 is 0 Å². The van der Waals surface area contributed by atoms with Crippen LogP contribution in [0.15, 0.2) is 48.5 Å². The molecule has 0 aromatic heterocycles. The summed E-state index contributed by atoms with van der Waals surface area (Å²) in [5.41, 5.74) is 8.80. The van der Waals surface area contributed by atoms with Crippen LogP contribution < -0.4 is 0 Å². The van der Waals surface area contributed by atoms with E-state index in [0.29, 0.717) is 11.7 Å². The molecule has 1 aromatic rings. The normalized spacial score (nSPS) is 11.2. The molecule has 0 saturated heterocycles. The maximum atomic E-state index is 9.68. The summed E-state index contributed by atoms with van der Waals surface area (Å²) in [7, 11) is 0. The predicted octanol–water partition coefficient (Wildman–Crippen LogP) is 5.84. The molecule has 0 bridgehead atoms. The molecule has 0 radical (unpaired) electrons. The van der Waals surface area contributed by atoms with E-state index in [1.54, 1.807) is 12.1 Å². The van der Waals surface area contributed by atoms with Crippen LogP contribution in [-0.4, -0.2) is 5.11 Å². The summed E-state index contributed by atoms with van der Waals surface area (Å²) < 4.78 is 0. The third kappa shape index (κ3) is 3.05. The molecule has 0 amide bonds. The molecule has 0 saturated carbocycles. The first-order chi connectivity index (χ1) is 11.0. The fourth-order valence-electron chi connectivity index (χ4n) is 3.15. The van der Waals surface area contributed by atoms with E-state index in [9.17, 15) is 5.11 Å². The smallest absolute Gasteiger partial charge is 0.151 e. The Morgan fingerprint density at radius 3 is 2.39 bits per heavy atom. The van der Waals surface area contributed by atoms with Crippen LogP contribution in [0.3, 0.4) is 0 Å². The van der Waals surface area contributed by atoms with Crippen LogP contribution in [0.25, 0.3) is 11.1 Å². The van der Waals surface area contributed by atoms with Crippen molar-refractivity contribution in [3.63, 3.8) is 0 Å². The van der Waals surface area contributed by atoms with Crippen LogP contribution in [0.4, 0.5) is 0 Å². The van der Waals surface area contributed by atoms with Gasteiger partial charge in [-0.25, -0.2) is 0 Å². The maximum Gasteiger partial charge on any atom is 0.151 e. The van der Waals surface area contributed by atoms with E-state index in [2.05, 4.69) is 58.4 Å². The molecular weight excluding hydrogens is 280 g/mol. The fraction of sp³-hybridized carbons (Fsp3) is 0.227. The van der Waals surface area contributed by atoms with Crippen molar-refractivity contribution in [3.05, 3.63) is 82.8 Å². The Hall–Kier alpha value is -2.41. The Labute approximate surface area is 139 Å². The predicted molar refractivity (Wildman–Crippen MR) is 97.2 cm³/mol. The van der Waals surface area contributed by atoms with Crippen molar-refractivity contribution in [2.75, 3.05) is 0 Å². The third-order valence-electron chi connectivity index (χ3n) is 4.45. The Balaban J connectivity index is 2.11. The highest BCUT2D eigenvalue weighted by atomic mass is 16.3. The topological polar surface area (TPSA) is 20.2 Å². The molecule has 23 heavy (non-hydrogen) atoms. The van der Waals surface area contributed by atoms with E-state index in [1.165, 1.54) is 33.4 Å². The molecule has 0 unspecified atom stereocenters. The van der Waals surface area contributed by atoms with Crippen molar-refractivity contribution < 1.29 is 5.11 Å². The summed E-state index contributed by atoms with van der Waals surface area (Å²) in [4.78, 5) is 0. The van der Waals surface area contributed by atoms with Gasteiger partial charge in [-0.05, 0) is 54.7 Å². The van der Waals surface area contributed by atoms with Crippen LogP contribution in [0, 0.1) is 20.3 Å². The summed E-state index contributed by atoms with van der Waals surface area (Å²) in [5, 5.41) is 9.68. The molecule has 3 rings (SSSR count). The Kier molecular flexibility index (Phi) is 4.04. The van der Waals surface area contributed by atoms with Crippen molar-refractivity contribution in [1.29, 1.82) is 0 Å². The highest BCUT2D eigenvalue weighted by Gasteiger charge is 2.22. The van der Waals surface area contributed by atoms with Gasteiger partial charge >= 0.3 is 0 Å². The number of hydrogen-bond donors (Lipinski definition) is 1. The molecule has 2 aliphatic carbocycles. The van der Waals surface area contributed by atoms with Crippen LogP contribution in [0.2, 0.25) is 0 Å². The maximum absolute atomic E-state index is 9.68. The molecule has 2 aliphatic rings. The summed E-state index contributed by atoms with van der Waals surface area (Å²) in [5.74, 6) is 0.813. The average Bonchev–Trinajstić information content (AvgIpc) is 2.66. The van der Waals surface area contributed by atoms with Gasteiger partial charge in [-0.1, -0.05) is 26.0 Å². The zero-order valence-electron chi connectivity index (χ0n) is 14.2. The number of aryl methyl sites for hydroxylation is 2. The van der Waals surface area contributed by atoms with Crippen LogP contribution in [-0.2, 0) is 0 Å². The second-order valence-electron chi connectivity index (χ2n) is 6.63. The number of rotatable bonds is 3. The molecule has 0 heterocycles. The van der Waals surface area contributed by atoms with Crippen molar-refractivity contribution in [2.45, 2.75) is 33.6 Å². The standard InChI is InChI=1S/C22H22O/c1-14(2)18-9-8-15(3)22-19(10-16(4)21(22)13-18)11-17-6-5-7-20(23)12-17/h5-14H,1-4H3/p+1. The SMILES string of the molecule is Cc1cc([CH+]c2cccc(O)c2)c2c(C)ccc(C(C)C)cc1-2. The number of phenols is 1. The lowest BCUT2D eigenvalue weighted by molar-refractivity contribution is 0.475. The van der Waals surface area contributed by atoms with E-state index < -0.39 is 0 Å². The quantitative estimate of drug-likeness (QED) is 0.603. The molecule has 1 heteroatoms. The third-order valence-corrected chi connectivity index (χ3v) is 4.45. The average molecular weight is 303 g/mol. The van der Waals surface area contributed by atoms with Gasteiger partial charge in [0.05, 0.1) is 16.7 Å². The van der Waals surface area contributed by atoms with Gasteiger partial charge in [-0.3, -0.25) is 0 Å². The number of fused-ring (bicyclic) bond motifs is 1. The lowest BCUT2D eigenvalue weighted by Crippen LogP contribution is -1.87. The van der Waals surface area contributed by atoms with Gasteiger partial charge < -0.3 is 5.11 Å². The molecule has 1 N–H and O–H groups in total. The van der Waals surface area contributed by atoms with Crippen molar-refractivity contribution in [2.24, 2.45) is 0 Å². The Morgan fingerprint density at radius 1 is 0.913 bits per heavy atom. The van der Waals surface area contributed by atoms with Gasteiger partial charge in [0.25, 0.3) is 0 Å². The second kappa shape index (κ2) is 6.00. The summed E-state index contributed by atoms with van der Waals surface area (Å²) in [6.07, 6.45) is 2.15. The molecule has 1 aromatic carbocycles. The number of benzene rings is 1. The summed E-state index contributed by atoms with van der Waals surface area (Å²) in [6.45, 7) is 8.81. The second-order valence-corrected chi connectivity index (χ2v) is 6.63. The molecule has 0 fully saturated rings. The van der Waals surface area contributed by atoms with Crippen molar-refractivity contribution in [1.82, 2.24) is 0 Å². The first kappa shape index (κ1) is 15.5. The van der Waals surface area contributed by atoms with E-state index in [1.807, 2.05) is 12.1 Å². The van der Waals surface area contributed by atoms with Crippen molar-refractivity contribution in [3.8, 4) is 16.9 Å². The fourth-order valence-corrected chi connectivity index (χ4v) is 3.15. The molecule has 116 valence electrons. The lowest BCUT2D eigenvalue weighted by Gasteiger charge is -2.02. The minimum atomic E-state index is 0.302. The van der Waals surface area contributed by atoms with Gasteiger partial charge in [0.2, 0.25) is 0 Å². The van der Waals surface area contributed by atoms with Gasteiger partial charge in [0, 0.05) is 30.2 Å². The van der Waals surface area contributed by atoms with E-state index in [0.717, 1.165) is 5.56 Å². The molecule has 0 spiro atoms. The monoisotopic (exact) mass is 303 g/mol. The lowest BCUT2D eigenvalue weighted by atomic mass is 9.98. The van der Waals surface area contributed by atoms with E-state index >= 15 is 0 Å². The summed E-state index contributed by atoms with van der Waals surface area (Å²) >= 11 is 0. The molecular formula is C22H23O+. The van der Waals surface area contributed by atoms with Gasteiger partial charge in [-0.2, -0.15) is 0 Å². The van der Waals surface area contributed by atoms with Crippen LogP contribution in [0.1, 0.15) is 47.6 Å². The minimum absolute atomic E-state index is 0.302. The number of hydrogen-bond acceptors (Lipinski definition) is 1. The highest BCUT2D eigenvalue weighted by molar-refractivity contribution is 5.80. The Bertz CT molecular complexity index is 814. The highest BCUT2D eigenvalue weighted by Crippen LogP contribution is 2.37. The zero-order chi connectivity index (χ0) is 16.6. The molecule has 0 aliphatic heterocycles. The van der Waals surface area contributed by atoms with Gasteiger partial charge in [0.1, 0.15) is 0 Å². The first-order valence-electron chi connectivity index (χ1n) is 8.13. The van der Waals surface area contributed by atoms with Crippen molar-refractivity contribution >= 4 is 0 Å². The molecule has 1 nitrogen and oxygen atoms in total. The Morgan fingerprint density at radius 2 is 1.70 bits per heavy atom. The molecule has 0 atom stereocenters. The first-order valence-corrected chi connectivity index (χ1v) is 8.13. The van der Waals surface area contributed by atoms with Gasteiger partial charge in [0.15, 0.2) is 5.75 Å². The zero-order valence-corrected chi connectivity index (χ0v) is 14.2. The minimum Gasteiger partial charge on any atom is -0.501 e.